The topological polar surface area (TPSA) is 51.7 Å². The molecular formula is C18H22N2O3S2. The Bertz CT molecular complexity index is 723. The summed E-state index contributed by atoms with van der Waals surface area (Å²) in [7, 11) is 0. The Morgan fingerprint density at radius 3 is 3.08 bits per heavy atom. The van der Waals surface area contributed by atoms with E-state index in [4.69, 9.17) is 9.47 Å². The van der Waals surface area contributed by atoms with Crippen LogP contribution in [0.25, 0.3) is 0 Å². The van der Waals surface area contributed by atoms with Gasteiger partial charge in [-0.1, -0.05) is 0 Å². The first-order chi connectivity index (χ1) is 12.1. The first-order valence-corrected chi connectivity index (χ1v) is 10.4. The normalized spacial score (nSPS) is 22.1. The summed E-state index contributed by atoms with van der Waals surface area (Å²) in [5.41, 5.74) is 1.90. The molecule has 1 amide bonds. The fraction of sp³-hybridized carbons (Fsp3) is 0.556. The molecule has 25 heavy (non-hydrogen) atoms. The van der Waals surface area contributed by atoms with E-state index in [9.17, 15) is 4.79 Å². The van der Waals surface area contributed by atoms with Gasteiger partial charge in [-0.2, -0.15) is 11.3 Å². The van der Waals surface area contributed by atoms with Crippen molar-refractivity contribution in [2.75, 3.05) is 19.7 Å². The second kappa shape index (κ2) is 7.15. The van der Waals surface area contributed by atoms with Gasteiger partial charge in [-0.05, 0) is 35.7 Å². The average Bonchev–Trinajstić information content (AvgIpc) is 3.22. The van der Waals surface area contributed by atoms with E-state index in [-0.39, 0.29) is 17.6 Å². The Morgan fingerprint density at radius 1 is 1.48 bits per heavy atom. The number of amides is 1. The summed E-state index contributed by atoms with van der Waals surface area (Å²) in [6, 6.07) is 2.01. The molecule has 0 unspecified atom stereocenters. The number of hydrogen-bond donors (Lipinski definition) is 0. The lowest BCUT2D eigenvalue weighted by atomic mass is 9.84. The Hall–Kier alpha value is -1.28. The molecule has 1 atom stereocenters. The molecule has 4 rings (SSSR count). The molecule has 0 bridgehead atoms. The Balaban J connectivity index is 1.26. The standard InChI is InChI=1S/C18H22N2O3S2/c1-13-19-15(10-25-13)8-22-16-2-4-23-18(7-16)11-20(12-18)17(21)6-14-3-5-24-9-14/h3,5,9-10,16H,2,4,6-8,11-12H2,1H3/t16-/m1/s1. The fourth-order valence-electron chi connectivity index (χ4n) is 3.53. The van der Waals surface area contributed by atoms with Gasteiger partial charge in [0, 0.05) is 18.4 Å². The van der Waals surface area contributed by atoms with Gasteiger partial charge in [0.05, 0.1) is 42.9 Å². The molecular weight excluding hydrogens is 356 g/mol. The third-order valence-corrected chi connectivity index (χ3v) is 6.38. The average molecular weight is 379 g/mol. The van der Waals surface area contributed by atoms with Crippen LogP contribution in [0.3, 0.4) is 0 Å². The molecule has 0 aliphatic carbocycles. The molecule has 2 aliphatic heterocycles. The van der Waals surface area contributed by atoms with E-state index < -0.39 is 0 Å². The molecule has 0 aromatic carbocycles. The Kier molecular flexibility index (Phi) is 4.90. The predicted octanol–water partition coefficient (Wildman–Crippen LogP) is 3.03. The second-order valence-electron chi connectivity index (χ2n) is 6.87. The number of ether oxygens (including phenoxy) is 2. The quantitative estimate of drug-likeness (QED) is 0.802. The summed E-state index contributed by atoms with van der Waals surface area (Å²) in [6.45, 7) is 4.64. The number of thiazole rings is 1. The van der Waals surface area contributed by atoms with Crippen molar-refractivity contribution >= 4 is 28.6 Å². The minimum absolute atomic E-state index is 0.185. The molecule has 5 nitrogen and oxygen atoms in total. The first kappa shape index (κ1) is 17.1. The molecule has 2 aliphatic rings. The summed E-state index contributed by atoms with van der Waals surface area (Å²) in [5.74, 6) is 0.189. The number of aromatic nitrogens is 1. The van der Waals surface area contributed by atoms with Crippen LogP contribution in [0.1, 0.15) is 29.1 Å². The van der Waals surface area contributed by atoms with Crippen LogP contribution in [0.4, 0.5) is 0 Å². The van der Waals surface area contributed by atoms with Crippen molar-refractivity contribution in [2.24, 2.45) is 0 Å². The highest BCUT2D eigenvalue weighted by Crippen LogP contribution is 2.36. The summed E-state index contributed by atoms with van der Waals surface area (Å²) in [4.78, 5) is 18.7. The maximum Gasteiger partial charge on any atom is 0.227 e. The summed E-state index contributed by atoms with van der Waals surface area (Å²) >= 11 is 3.28. The monoisotopic (exact) mass is 378 g/mol. The van der Waals surface area contributed by atoms with Gasteiger partial charge in [0.15, 0.2) is 0 Å². The lowest BCUT2D eigenvalue weighted by molar-refractivity contribution is -0.202. The van der Waals surface area contributed by atoms with Gasteiger partial charge < -0.3 is 14.4 Å². The molecule has 0 N–H and O–H groups in total. The molecule has 2 aromatic rings. The van der Waals surface area contributed by atoms with Crippen molar-refractivity contribution in [3.8, 4) is 0 Å². The van der Waals surface area contributed by atoms with Crippen LogP contribution in [0.5, 0.6) is 0 Å². The largest absolute Gasteiger partial charge is 0.372 e. The minimum Gasteiger partial charge on any atom is -0.372 e. The van der Waals surface area contributed by atoms with Gasteiger partial charge in [-0.15, -0.1) is 11.3 Å². The van der Waals surface area contributed by atoms with E-state index in [1.165, 1.54) is 0 Å². The predicted molar refractivity (Wildman–Crippen MR) is 97.9 cm³/mol. The molecule has 1 spiro atoms. The van der Waals surface area contributed by atoms with Crippen molar-refractivity contribution in [3.05, 3.63) is 38.5 Å². The van der Waals surface area contributed by atoms with Crippen LogP contribution in [0.15, 0.2) is 22.2 Å². The van der Waals surface area contributed by atoms with E-state index in [0.717, 1.165) is 29.1 Å². The molecule has 2 aromatic heterocycles. The minimum atomic E-state index is -0.203. The molecule has 0 radical (unpaired) electrons. The van der Waals surface area contributed by atoms with Crippen molar-refractivity contribution in [2.45, 2.75) is 44.5 Å². The van der Waals surface area contributed by atoms with E-state index in [1.54, 1.807) is 22.7 Å². The molecule has 0 saturated carbocycles. The number of carbonyl (C=O) groups excluding carboxylic acids is 1. The zero-order valence-electron chi connectivity index (χ0n) is 14.3. The maximum absolute atomic E-state index is 12.3. The highest BCUT2D eigenvalue weighted by molar-refractivity contribution is 7.09. The van der Waals surface area contributed by atoms with E-state index >= 15 is 0 Å². The van der Waals surface area contributed by atoms with Gasteiger partial charge in [0.2, 0.25) is 5.91 Å². The van der Waals surface area contributed by atoms with Crippen molar-refractivity contribution in [3.63, 3.8) is 0 Å². The van der Waals surface area contributed by atoms with Crippen LogP contribution >= 0.6 is 22.7 Å². The molecule has 7 heteroatoms. The van der Waals surface area contributed by atoms with Crippen LogP contribution < -0.4 is 0 Å². The molecule has 2 saturated heterocycles. The smallest absolute Gasteiger partial charge is 0.227 e. The fourth-order valence-corrected chi connectivity index (χ4v) is 4.79. The highest BCUT2D eigenvalue weighted by Gasteiger charge is 2.49. The number of nitrogens with zero attached hydrogens (tertiary/aromatic N) is 2. The van der Waals surface area contributed by atoms with Crippen LogP contribution in [0.2, 0.25) is 0 Å². The van der Waals surface area contributed by atoms with Crippen molar-refractivity contribution in [1.82, 2.24) is 9.88 Å². The number of carbonyl (C=O) groups is 1. The zero-order chi connectivity index (χ0) is 17.3. The summed E-state index contributed by atoms with van der Waals surface area (Å²) in [6.07, 6.45) is 2.44. The molecule has 134 valence electrons. The number of thiophene rings is 1. The van der Waals surface area contributed by atoms with Gasteiger partial charge in [0.25, 0.3) is 0 Å². The lowest BCUT2D eigenvalue weighted by Gasteiger charge is -2.53. The molecule has 4 heterocycles. The Labute approximate surface area is 155 Å². The van der Waals surface area contributed by atoms with Crippen molar-refractivity contribution in [1.29, 1.82) is 0 Å². The van der Waals surface area contributed by atoms with Gasteiger partial charge >= 0.3 is 0 Å². The van der Waals surface area contributed by atoms with Crippen LogP contribution in [-0.4, -0.2) is 47.2 Å². The van der Waals surface area contributed by atoms with Crippen LogP contribution in [0, 0.1) is 6.92 Å². The third-order valence-electron chi connectivity index (χ3n) is 4.83. The maximum atomic E-state index is 12.3. The van der Waals surface area contributed by atoms with Gasteiger partial charge in [-0.3, -0.25) is 4.79 Å². The zero-order valence-corrected chi connectivity index (χ0v) is 15.9. The SMILES string of the molecule is Cc1nc(CO[C@@H]2CCOC3(C2)CN(C(=O)Cc2ccsc2)C3)cs1. The van der Waals surface area contributed by atoms with Gasteiger partial charge in [0.1, 0.15) is 5.60 Å². The van der Waals surface area contributed by atoms with Crippen molar-refractivity contribution < 1.29 is 14.3 Å². The summed E-state index contributed by atoms with van der Waals surface area (Å²) < 4.78 is 12.1. The second-order valence-corrected chi connectivity index (χ2v) is 8.72. The van der Waals surface area contributed by atoms with E-state index in [2.05, 4.69) is 10.4 Å². The van der Waals surface area contributed by atoms with Gasteiger partial charge in [-0.25, -0.2) is 4.98 Å². The first-order valence-electron chi connectivity index (χ1n) is 8.57. The van der Waals surface area contributed by atoms with E-state index in [1.807, 2.05) is 28.7 Å². The number of aryl methyl sites for hydroxylation is 1. The van der Waals surface area contributed by atoms with Crippen LogP contribution in [-0.2, 0) is 27.3 Å². The summed E-state index contributed by atoms with van der Waals surface area (Å²) in [5, 5.41) is 7.17. The molecule has 2 fully saturated rings. The number of likely N-dealkylation sites (tertiary alicyclic amines) is 1. The Morgan fingerprint density at radius 2 is 2.36 bits per heavy atom. The third kappa shape index (κ3) is 3.95. The highest BCUT2D eigenvalue weighted by atomic mass is 32.1. The number of rotatable bonds is 5. The van der Waals surface area contributed by atoms with E-state index in [0.29, 0.717) is 32.7 Å². The number of hydrogen-bond acceptors (Lipinski definition) is 6. The lowest BCUT2D eigenvalue weighted by Crippen LogP contribution is -2.67.